The number of piperazine rings is 1. The van der Waals surface area contributed by atoms with Crippen LogP contribution in [0.15, 0.2) is 60.0 Å². The molecule has 0 saturated carbocycles. The average Bonchev–Trinajstić information content (AvgIpc) is 3.53. The average molecular weight is 616 g/mol. The van der Waals surface area contributed by atoms with Gasteiger partial charge in [-0.25, -0.2) is 0 Å². The smallest absolute Gasteiger partial charge is 0.312 e. The Morgan fingerprint density at radius 1 is 0.909 bits per heavy atom. The van der Waals surface area contributed by atoms with Gasteiger partial charge in [0.15, 0.2) is 0 Å². The molecule has 236 valence electrons. The molecule has 2 aromatic carbocycles. The molecule has 1 fully saturated rings. The second kappa shape index (κ2) is 16.8. The lowest BCUT2D eigenvalue weighted by Crippen LogP contribution is -2.46. The fourth-order valence-electron chi connectivity index (χ4n) is 6.37. The molecule has 1 unspecified atom stereocenters. The molecule has 44 heavy (non-hydrogen) atoms. The predicted molar refractivity (Wildman–Crippen MR) is 185 cm³/mol. The highest BCUT2D eigenvalue weighted by Crippen LogP contribution is 2.31. The van der Waals surface area contributed by atoms with Gasteiger partial charge in [-0.05, 0) is 67.6 Å². The van der Waals surface area contributed by atoms with Crippen molar-refractivity contribution in [3.8, 4) is 5.75 Å². The summed E-state index contributed by atoms with van der Waals surface area (Å²) in [5.74, 6) is -0.544. The van der Waals surface area contributed by atoms with Crippen LogP contribution in [0.5, 0.6) is 5.75 Å². The van der Waals surface area contributed by atoms with E-state index < -0.39 is 11.9 Å². The van der Waals surface area contributed by atoms with Crippen molar-refractivity contribution in [1.29, 1.82) is 0 Å². The zero-order valence-electron chi connectivity index (χ0n) is 26.4. The number of unbranched alkanes of at least 4 members (excludes halogenated alkanes) is 8. The first-order chi connectivity index (χ1) is 21.6. The van der Waals surface area contributed by atoms with Gasteiger partial charge in [0.25, 0.3) is 0 Å². The number of carboxylic acids is 1. The van der Waals surface area contributed by atoms with E-state index in [2.05, 4.69) is 46.4 Å². The molecule has 1 atom stereocenters. The topological polar surface area (TPSA) is 65.9 Å². The van der Waals surface area contributed by atoms with Gasteiger partial charge in [-0.2, -0.15) is 0 Å². The standard InChI is InChI=1S/C37H49N3O3S/c1-2-3-4-5-6-7-8-9-13-31(37(41)42)33-19-17-29-16-18-30(28-34(29)38-33)43-26-11-10-21-39-22-24-40(25-23-39)35-14-12-15-36-32(35)20-27-44-36/h12,14-20,27-28,31H,2-11,13,21-26H2,1H3,(H,41,42). The van der Waals surface area contributed by atoms with Gasteiger partial charge >= 0.3 is 5.97 Å². The summed E-state index contributed by atoms with van der Waals surface area (Å²) < 4.78 is 7.47. The molecular formula is C37H49N3O3S. The van der Waals surface area contributed by atoms with E-state index in [0.29, 0.717) is 18.7 Å². The summed E-state index contributed by atoms with van der Waals surface area (Å²) in [4.78, 5) is 22.0. The Morgan fingerprint density at radius 3 is 2.48 bits per heavy atom. The van der Waals surface area contributed by atoms with E-state index in [0.717, 1.165) is 75.1 Å². The Labute approximate surface area is 267 Å². The van der Waals surface area contributed by atoms with Crippen molar-refractivity contribution in [2.75, 3.05) is 44.2 Å². The SMILES string of the molecule is CCCCCCCCCCC(C(=O)O)c1ccc2ccc(OCCCCN3CCN(c4cccc5sccc45)CC3)cc2n1. The number of rotatable bonds is 18. The Kier molecular flexibility index (Phi) is 12.3. The maximum absolute atomic E-state index is 12.1. The monoisotopic (exact) mass is 615 g/mol. The van der Waals surface area contributed by atoms with Crippen molar-refractivity contribution in [3.63, 3.8) is 0 Å². The molecule has 0 aliphatic carbocycles. The van der Waals surface area contributed by atoms with Crippen LogP contribution in [0.25, 0.3) is 21.0 Å². The van der Waals surface area contributed by atoms with Gasteiger partial charge in [0.05, 0.1) is 23.7 Å². The summed E-state index contributed by atoms with van der Waals surface area (Å²) in [5.41, 5.74) is 2.83. The largest absolute Gasteiger partial charge is 0.494 e. The van der Waals surface area contributed by atoms with Crippen molar-refractivity contribution in [2.24, 2.45) is 0 Å². The van der Waals surface area contributed by atoms with E-state index >= 15 is 0 Å². The minimum Gasteiger partial charge on any atom is -0.494 e. The third kappa shape index (κ3) is 8.95. The number of anilines is 1. The maximum atomic E-state index is 12.1. The highest BCUT2D eigenvalue weighted by atomic mass is 32.1. The van der Waals surface area contributed by atoms with Gasteiger partial charge in [0.1, 0.15) is 5.75 Å². The van der Waals surface area contributed by atoms with Gasteiger partial charge in [0, 0.05) is 53.4 Å². The summed E-state index contributed by atoms with van der Waals surface area (Å²) in [6, 6.07) is 18.7. The number of pyridine rings is 1. The highest BCUT2D eigenvalue weighted by Gasteiger charge is 2.21. The Hall–Kier alpha value is -3.16. The first-order valence-electron chi connectivity index (χ1n) is 16.8. The minimum absolute atomic E-state index is 0.560. The van der Waals surface area contributed by atoms with Crippen molar-refractivity contribution >= 4 is 44.0 Å². The number of fused-ring (bicyclic) bond motifs is 2. The van der Waals surface area contributed by atoms with Crippen LogP contribution in [-0.4, -0.2) is 60.3 Å². The summed E-state index contributed by atoms with van der Waals surface area (Å²) in [6.07, 6.45) is 12.4. The minimum atomic E-state index is -0.784. The van der Waals surface area contributed by atoms with E-state index in [1.54, 1.807) is 0 Å². The summed E-state index contributed by atoms with van der Waals surface area (Å²) in [6.45, 7) is 8.32. The van der Waals surface area contributed by atoms with Crippen LogP contribution in [0.4, 0.5) is 5.69 Å². The Balaban J connectivity index is 1.03. The molecule has 0 spiro atoms. The number of aliphatic carboxylic acids is 1. The Bertz CT molecular complexity index is 1460. The van der Waals surface area contributed by atoms with Crippen LogP contribution in [0.2, 0.25) is 0 Å². The lowest BCUT2D eigenvalue weighted by atomic mass is 9.96. The number of thiophene rings is 1. The molecule has 0 bridgehead atoms. The van der Waals surface area contributed by atoms with Gasteiger partial charge in [-0.1, -0.05) is 70.4 Å². The highest BCUT2D eigenvalue weighted by molar-refractivity contribution is 7.17. The van der Waals surface area contributed by atoms with E-state index in [-0.39, 0.29) is 0 Å². The van der Waals surface area contributed by atoms with E-state index in [9.17, 15) is 9.90 Å². The van der Waals surface area contributed by atoms with Gasteiger partial charge in [0.2, 0.25) is 0 Å². The van der Waals surface area contributed by atoms with E-state index in [1.807, 2.05) is 41.7 Å². The summed E-state index contributed by atoms with van der Waals surface area (Å²) >= 11 is 1.81. The summed E-state index contributed by atoms with van der Waals surface area (Å²) in [5, 5.41) is 14.5. The van der Waals surface area contributed by atoms with Gasteiger partial charge in [-0.3, -0.25) is 14.7 Å². The zero-order chi connectivity index (χ0) is 30.6. The maximum Gasteiger partial charge on any atom is 0.312 e. The molecule has 1 saturated heterocycles. The molecular weight excluding hydrogens is 566 g/mol. The van der Waals surface area contributed by atoms with Crippen LogP contribution < -0.4 is 9.64 Å². The molecule has 7 heteroatoms. The second-order valence-electron chi connectivity index (χ2n) is 12.2. The number of hydrogen-bond donors (Lipinski definition) is 1. The first kappa shape index (κ1) is 32.2. The number of hydrogen-bond acceptors (Lipinski definition) is 6. The number of ether oxygens (including phenoxy) is 1. The fourth-order valence-corrected chi connectivity index (χ4v) is 7.18. The molecule has 1 aliphatic rings. The van der Waals surface area contributed by atoms with Gasteiger partial charge in [-0.15, -0.1) is 11.3 Å². The van der Waals surface area contributed by atoms with Crippen LogP contribution in [0.3, 0.4) is 0 Å². The lowest BCUT2D eigenvalue weighted by molar-refractivity contribution is -0.139. The number of aromatic nitrogens is 1. The third-order valence-electron chi connectivity index (χ3n) is 9.01. The molecule has 3 heterocycles. The van der Waals surface area contributed by atoms with Crippen molar-refractivity contribution in [3.05, 3.63) is 65.7 Å². The van der Waals surface area contributed by atoms with E-state index in [4.69, 9.17) is 9.72 Å². The first-order valence-corrected chi connectivity index (χ1v) is 17.7. The van der Waals surface area contributed by atoms with Crippen LogP contribution in [0, 0.1) is 0 Å². The van der Waals surface area contributed by atoms with Crippen LogP contribution >= 0.6 is 11.3 Å². The lowest BCUT2D eigenvalue weighted by Gasteiger charge is -2.36. The number of nitrogens with zero attached hydrogens (tertiary/aromatic N) is 3. The molecule has 0 radical (unpaired) electrons. The third-order valence-corrected chi connectivity index (χ3v) is 9.89. The molecule has 5 rings (SSSR count). The van der Waals surface area contributed by atoms with Crippen molar-refractivity contribution in [1.82, 2.24) is 9.88 Å². The van der Waals surface area contributed by atoms with E-state index in [1.165, 1.54) is 54.3 Å². The second-order valence-corrected chi connectivity index (χ2v) is 13.2. The van der Waals surface area contributed by atoms with Gasteiger partial charge < -0.3 is 14.7 Å². The summed E-state index contributed by atoms with van der Waals surface area (Å²) in [7, 11) is 0. The molecule has 2 aromatic heterocycles. The molecule has 4 aromatic rings. The van der Waals surface area contributed by atoms with Crippen LogP contribution in [0.1, 0.15) is 89.2 Å². The Morgan fingerprint density at radius 2 is 1.68 bits per heavy atom. The van der Waals surface area contributed by atoms with Crippen molar-refractivity contribution < 1.29 is 14.6 Å². The molecule has 6 nitrogen and oxygen atoms in total. The zero-order valence-corrected chi connectivity index (χ0v) is 27.2. The number of carbonyl (C=O) groups is 1. The quantitative estimate of drug-likeness (QED) is 0.113. The van der Waals surface area contributed by atoms with Crippen LogP contribution in [-0.2, 0) is 4.79 Å². The van der Waals surface area contributed by atoms with Crippen molar-refractivity contribution in [2.45, 2.75) is 83.5 Å². The fraction of sp³-hybridized carbons (Fsp3) is 0.514. The molecule has 0 amide bonds. The normalized spacial score (nSPS) is 14.8. The molecule has 1 aliphatic heterocycles. The predicted octanol–water partition coefficient (Wildman–Crippen LogP) is 9.13. The molecule has 1 N–H and O–H groups in total. The number of carboxylic acid groups (broad SMARTS) is 1. The number of benzene rings is 2.